The number of rotatable bonds is 1. The molecule has 0 amide bonds. The first-order valence-electron chi connectivity index (χ1n) is 1.83. The van der Waals surface area contributed by atoms with Gasteiger partial charge in [0, 0.05) is 0 Å². The van der Waals surface area contributed by atoms with Gasteiger partial charge in [-0.15, -0.1) is 13.2 Å². The van der Waals surface area contributed by atoms with Crippen molar-refractivity contribution in [2.24, 2.45) is 0 Å². The Hall–Kier alpha value is -0.900. The van der Waals surface area contributed by atoms with Crippen LogP contribution in [-0.4, -0.2) is 12.5 Å². The van der Waals surface area contributed by atoms with Crippen LogP contribution in [0.15, 0.2) is 0 Å². The number of hydrogen-bond acceptors (Lipinski definition) is 2. The number of nitriles is 1. The summed E-state index contributed by atoms with van der Waals surface area (Å²) in [7, 11) is 0. The molecular weight excluding hydrogens is 161 g/mol. The molecule has 0 spiro atoms. The molecule has 0 N–H and O–H groups in total. The van der Waals surface area contributed by atoms with Gasteiger partial charge in [0.05, 0.1) is 0 Å². The highest BCUT2D eigenvalue weighted by Gasteiger charge is 2.45. The molecule has 0 aromatic rings. The van der Waals surface area contributed by atoms with Gasteiger partial charge in [-0.25, -0.2) is 4.74 Å². The van der Waals surface area contributed by atoms with Crippen molar-refractivity contribution < 1.29 is 26.7 Å². The van der Waals surface area contributed by atoms with Gasteiger partial charge in [0.2, 0.25) is 0 Å². The predicted molar refractivity (Wildman–Crippen MR) is 17.7 cm³/mol. The summed E-state index contributed by atoms with van der Waals surface area (Å²) in [6.45, 7) is 0. The minimum atomic E-state index is -5.49. The van der Waals surface area contributed by atoms with Crippen LogP contribution in [0.25, 0.3) is 0 Å². The molecule has 0 radical (unpaired) electrons. The lowest BCUT2D eigenvalue weighted by atomic mass is 10.7. The van der Waals surface area contributed by atoms with Crippen molar-refractivity contribution in [2.75, 3.05) is 0 Å². The van der Waals surface area contributed by atoms with E-state index in [1.54, 1.807) is 0 Å². The normalized spacial score (nSPS) is 12.8. The molecule has 2 nitrogen and oxygen atoms in total. The van der Waals surface area contributed by atoms with E-state index in [2.05, 4.69) is 4.74 Å². The van der Waals surface area contributed by atoms with Crippen LogP contribution < -0.4 is 0 Å². The van der Waals surface area contributed by atoms with E-state index in [9.17, 15) is 22.0 Å². The molecule has 0 aliphatic rings. The Morgan fingerprint density at radius 1 is 1.10 bits per heavy atom. The SMILES string of the molecule is N#CC(F)(F)OC(F)(F)F. The average Bonchev–Trinajstić information content (AvgIpc) is 1.60. The molecule has 0 atom stereocenters. The van der Waals surface area contributed by atoms with E-state index in [1.807, 2.05) is 0 Å². The van der Waals surface area contributed by atoms with E-state index in [1.165, 1.54) is 0 Å². The Morgan fingerprint density at radius 3 is 1.60 bits per heavy atom. The first-order chi connectivity index (χ1) is 4.27. The van der Waals surface area contributed by atoms with E-state index < -0.39 is 12.5 Å². The predicted octanol–water partition coefficient (Wildman–Crippen LogP) is 1.64. The lowest BCUT2D eigenvalue weighted by Crippen LogP contribution is -2.27. The van der Waals surface area contributed by atoms with Gasteiger partial charge in [-0.3, -0.25) is 0 Å². The lowest BCUT2D eigenvalue weighted by molar-refractivity contribution is -0.406. The molecule has 0 saturated carbocycles. The highest BCUT2D eigenvalue weighted by atomic mass is 19.4. The lowest BCUT2D eigenvalue weighted by Gasteiger charge is -2.09. The summed E-state index contributed by atoms with van der Waals surface area (Å²) in [5.74, 6) is 0. The van der Waals surface area contributed by atoms with Gasteiger partial charge in [0.25, 0.3) is 0 Å². The standard InChI is InChI=1S/C3F5NO/c4-2(5,1-9)10-3(6,7)8. The van der Waals surface area contributed by atoms with Gasteiger partial charge in [0.15, 0.2) is 6.07 Å². The summed E-state index contributed by atoms with van der Waals surface area (Å²) < 4.78 is 57.4. The summed E-state index contributed by atoms with van der Waals surface area (Å²) in [5.41, 5.74) is 0. The second-order valence-electron chi connectivity index (χ2n) is 1.18. The maximum Gasteiger partial charge on any atom is 0.528 e. The van der Waals surface area contributed by atoms with Gasteiger partial charge in [-0.2, -0.15) is 14.0 Å². The van der Waals surface area contributed by atoms with E-state index in [0.29, 0.717) is 0 Å². The molecule has 0 unspecified atom stereocenters. The summed E-state index contributed by atoms with van der Waals surface area (Å²) in [6, 6.07) is 0.0223. The molecule has 0 aliphatic carbocycles. The highest BCUT2D eigenvalue weighted by Crippen LogP contribution is 2.26. The Kier molecular flexibility index (Phi) is 2.17. The molecule has 0 saturated heterocycles. The number of hydrogen-bond donors (Lipinski definition) is 0. The minimum absolute atomic E-state index is 0.0223. The molecular formula is C3F5NO. The molecule has 0 rings (SSSR count). The third kappa shape index (κ3) is 4.03. The Bertz CT molecular complexity index is 155. The molecule has 7 heteroatoms. The minimum Gasteiger partial charge on any atom is -0.213 e. The second kappa shape index (κ2) is 2.38. The van der Waals surface area contributed by atoms with Crippen molar-refractivity contribution in [3.05, 3.63) is 0 Å². The van der Waals surface area contributed by atoms with Crippen molar-refractivity contribution in [2.45, 2.75) is 12.5 Å². The van der Waals surface area contributed by atoms with Crippen molar-refractivity contribution in [3.63, 3.8) is 0 Å². The number of halogens is 5. The number of ether oxygens (including phenoxy) is 1. The van der Waals surface area contributed by atoms with Crippen LogP contribution in [-0.2, 0) is 4.74 Å². The van der Waals surface area contributed by atoms with E-state index in [-0.39, 0.29) is 6.07 Å². The van der Waals surface area contributed by atoms with Crippen LogP contribution >= 0.6 is 0 Å². The van der Waals surface area contributed by atoms with Crippen LogP contribution in [0.4, 0.5) is 22.0 Å². The molecule has 0 aliphatic heterocycles. The van der Waals surface area contributed by atoms with E-state index in [0.717, 1.165) is 0 Å². The average molecular weight is 161 g/mol. The van der Waals surface area contributed by atoms with Gasteiger partial charge in [0.1, 0.15) is 0 Å². The smallest absolute Gasteiger partial charge is 0.213 e. The summed E-state index contributed by atoms with van der Waals surface area (Å²) in [6.07, 6.45) is -10.3. The number of alkyl halides is 5. The summed E-state index contributed by atoms with van der Waals surface area (Å²) in [5, 5.41) is 7.33. The largest absolute Gasteiger partial charge is 0.528 e. The fraction of sp³-hybridized carbons (Fsp3) is 0.667. The topological polar surface area (TPSA) is 33.0 Å². The van der Waals surface area contributed by atoms with Gasteiger partial charge in [-0.05, 0) is 0 Å². The zero-order valence-corrected chi connectivity index (χ0v) is 4.25. The first kappa shape index (κ1) is 9.10. The van der Waals surface area contributed by atoms with Crippen molar-refractivity contribution in [3.8, 4) is 6.07 Å². The van der Waals surface area contributed by atoms with Crippen molar-refractivity contribution in [1.29, 1.82) is 5.26 Å². The highest BCUT2D eigenvalue weighted by molar-refractivity contribution is 4.82. The Morgan fingerprint density at radius 2 is 1.50 bits per heavy atom. The fourth-order valence-electron chi connectivity index (χ4n) is 0.168. The second-order valence-corrected chi connectivity index (χ2v) is 1.18. The van der Waals surface area contributed by atoms with Crippen LogP contribution in [0.5, 0.6) is 0 Å². The molecule has 0 aromatic heterocycles. The quantitative estimate of drug-likeness (QED) is 0.547. The van der Waals surface area contributed by atoms with E-state index >= 15 is 0 Å². The zero-order valence-electron chi connectivity index (χ0n) is 4.25. The molecule has 0 fully saturated rings. The Balaban J connectivity index is 4.05. The summed E-state index contributed by atoms with van der Waals surface area (Å²) >= 11 is 0. The molecule has 0 bridgehead atoms. The third-order valence-corrected chi connectivity index (χ3v) is 0.374. The van der Waals surface area contributed by atoms with Crippen molar-refractivity contribution >= 4 is 0 Å². The van der Waals surface area contributed by atoms with Gasteiger partial charge < -0.3 is 0 Å². The van der Waals surface area contributed by atoms with Gasteiger partial charge >= 0.3 is 12.5 Å². The van der Waals surface area contributed by atoms with Gasteiger partial charge in [-0.1, -0.05) is 0 Å². The molecule has 0 aromatic carbocycles. The fourth-order valence-corrected chi connectivity index (χ4v) is 0.168. The van der Waals surface area contributed by atoms with Crippen LogP contribution in [0, 0.1) is 11.3 Å². The van der Waals surface area contributed by atoms with Crippen LogP contribution in [0.2, 0.25) is 0 Å². The monoisotopic (exact) mass is 161 g/mol. The molecule has 10 heavy (non-hydrogen) atoms. The zero-order chi connectivity index (χ0) is 8.41. The Labute approximate surface area is 51.8 Å². The molecule has 0 heterocycles. The third-order valence-electron chi connectivity index (χ3n) is 0.374. The van der Waals surface area contributed by atoms with Crippen molar-refractivity contribution in [1.82, 2.24) is 0 Å². The summed E-state index contributed by atoms with van der Waals surface area (Å²) in [4.78, 5) is 0. The first-order valence-corrected chi connectivity index (χ1v) is 1.83. The number of nitrogens with zero attached hydrogens (tertiary/aromatic N) is 1. The van der Waals surface area contributed by atoms with E-state index in [4.69, 9.17) is 5.26 Å². The van der Waals surface area contributed by atoms with Crippen LogP contribution in [0.3, 0.4) is 0 Å². The molecule has 58 valence electrons. The van der Waals surface area contributed by atoms with Crippen LogP contribution in [0.1, 0.15) is 0 Å². The maximum absolute atomic E-state index is 11.3. The maximum atomic E-state index is 11.3.